The van der Waals surface area contributed by atoms with E-state index in [0.717, 1.165) is 6.42 Å². The molecule has 1 fully saturated rings. The summed E-state index contributed by atoms with van der Waals surface area (Å²) in [7, 11) is -2.45. The van der Waals surface area contributed by atoms with Crippen molar-refractivity contribution in [2.45, 2.75) is 23.8 Å². The Labute approximate surface area is 156 Å². The second kappa shape index (κ2) is 6.75. The summed E-state index contributed by atoms with van der Waals surface area (Å²) >= 11 is 0. The predicted molar refractivity (Wildman–Crippen MR) is 96.6 cm³/mol. The van der Waals surface area contributed by atoms with Crippen LogP contribution in [0, 0.1) is 0 Å². The summed E-state index contributed by atoms with van der Waals surface area (Å²) in [6, 6.07) is 10.9. The number of fused-ring (bicyclic) bond motifs is 1. The number of carbonyl (C=O) groups excluding carboxylic acids is 1. The van der Waals surface area contributed by atoms with E-state index >= 15 is 0 Å². The Morgan fingerprint density at radius 2 is 1.93 bits per heavy atom. The summed E-state index contributed by atoms with van der Waals surface area (Å²) in [6.07, 6.45) is 3.25. The lowest BCUT2D eigenvalue weighted by atomic mass is 10.2. The van der Waals surface area contributed by atoms with Crippen LogP contribution in [0.1, 0.15) is 35.1 Å². The van der Waals surface area contributed by atoms with Crippen molar-refractivity contribution in [1.82, 2.24) is 18.9 Å². The van der Waals surface area contributed by atoms with Gasteiger partial charge in [0.15, 0.2) is 11.5 Å². The molecule has 4 rings (SSSR count). The molecule has 1 aromatic carbocycles. The Morgan fingerprint density at radius 3 is 2.67 bits per heavy atom. The maximum absolute atomic E-state index is 13.2. The van der Waals surface area contributed by atoms with Crippen molar-refractivity contribution < 1.29 is 17.9 Å². The summed E-state index contributed by atoms with van der Waals surface area (Å²) in [4.78, 5) is 11.7. The number of aromatic nitrogens is 3. The van der Waals surface area contributed by atoms with E-state index in [2.05, 4.69) is 14.9 Å². The largest absolute Gasteiger partial charge is 0.465 e. The van der Waals surface area contributed by atoms with Gasteiger partial charge in [0.05, 0.1) is 23.6 Å². The number of pyridine rings is 1. The number of methoxy groups -OCH3 is 1. The van der Waals surface area contributed by atoms with Crippen LogP contribution in [0.15, 0.2) is 53.6 Å². The second-order valence-electron chi connectivity index (χ2n) is 6.28. The molecule has 0 saturated carbocycles. The molecular weight excluding hydrogens is 368 g/mol. The second-order valence-corrected chi connectivity index (χ2v) is 8.17. The third-order valence-electron chi connectivity index (χ3n) is 4.72. The number of ether oxygens (including phenoxy) is 1. The van der Waals surface area contributed by atoms with Gasteiger partial charge >= 0.3 is 5.97 Å². The van der Waals surface area contributed by atoms with Gasteiger partial charge in [0.25, 0.3) is 0 Å². The van der Waals surface area contributed by atoms with Crippen molar-refractivity contribution in [2.75, 3.05) is 13.7 Å². The minimum Gasteiger partial charge on any atom is -0.465 e. The third-order valence-corrected chi connectivity index (χ3v) is 6.65. The van der Waals surface area contributed by atoms with Crippen molar-refractivity contribution in [1.29, 1.82) is 0 Å². The van der Waals surface area contributed by atoms with Crippen LogP contribution >= 0.6 is 0 Å². The number of hydrogen-bond acceptors (Lipinski definition) is 6. The van der Waals surface area contributed by atoms with E-state index in [1.165, 1.54) is 35.7 Å². The molecule has 0 N–H and O–H groups in total. The molecule has 0 amide bonds. The fourth-order valence-electron chi connectivity index (χ4n) is 3.39. The molecule has 0 spiro atoms. The van der Waals surface area contributed by atoms with Crippen LogP contribution in [-0.2, 0) is 14.8 Å². The van der Waals surface area contributed by atoms with E-state index in [-0.39, 0.29) is 10.9 Å². The van der Waals surface area contributed by atoms with E-state index in [4.69, 9.17) is 0 Å². The van der Waals surface area contributed by atoms with E-state index in [9.17, 15) is 13.2 Å². The first-order valence-electron chi connectivity index (χ1n) is 8.52. The van der Waals surface area contributed by atoms with Crippen molar-refractivity contribution >= 4 is 21.6 Å². The zero-order valence-corrected chi connectivity index (χ0v) is 15.5. The lowest BCUT2D eigenvalue weighted by Gasteiger charge is -2.23. The molecule has 2 aromatic heterocycles. The molecule has 1 saturated heterocycles. The number of hydrogen-bond donors (Lipinski definition) is 0. The van der Waals surface area contributed by atoms with Crippen molar-refractivity contribution in [3.63, 3.8) is 0 Å². The van der Waals surface area contributed by atoms with Crippen LogP contribution in [0.5, 0.6) is 0 Å². The summed E-state index contributed by atoms with van der Waals surface area (Å²) in [5.74, 6) is 0.103. The van der Waals surface area contributed by atoms with Gasteiger partial charge in [-0.15, -0.1) is 10.2 Å². The first kappa shape index (κ1) is 17.6. The van der Waals surface area contributed by atoms with Crippen LogP contribution in [0.4, 0.5) is 0 Å². The molecule has 1 unspecified atom stereocenters. The summed E-state index contributed by atoms with van der Waals surface area (Å²) in [5.41, 5.74) is 0.983. The molecule has 1 atom stereocenters. The minimum absolute atomic E-state index is 0.135. The number of carbonyl (C=O) groups is 1. The van der Waals surface area contributed by atoms with Gasteiger partial charge in [-0.05, 0) is 49.2 Å². The van der Waals surface area contributed by atoms with Crippen molar-refractivity contribution in [3.05, 3.63) is 60.0 Å². The minimum atomic E-state index is -3.73. The van der Waals surface area contributed by atoms with E-state index in [0.29, 0.717) is 30.0 Å². The topological polar surface area (TPSA) is 93.9 Å². The zero-order chi connectivity index (χ0) is 19.0. The first-order valence-corrected chi connectivity index (χ1v) is 9.96. The number of sulfonamides is 1. The number of rotatable bonds is 4. The maximum Gasteiger partial charge on any atom is 0.337 e. The number of esters is 1. The van der Waals surface area contributed by atoms with Crippen LogP contribution in [0.2, 0.25) is 0 Å². The Morgan fingerprint density at radius 1 is 1.15 bits per heavy atom. The van der Waals surface area contributed by atoms with E-state index in [1.54, 1.807) is 0 Å². The molecule has 8 nitrogen and oxygen atoms in total. The Balaban J connectivity index is 1.69. The van der Waals surface area contributed by atoms with Gasteiger partial charge in [-0.2, -0.15) is 4.31 Å². The molecule has 9 heteroatoms. The molecule has 0 radical (unpaired) electrons. The first-order chi connectivity index (χ1) is 13.0. The summed E-state index contributed by atoms with van der Waals surface area (Å²) in [6.45, 7) is 0.410. The Bertz CT molecular complexity index is 1090. The van der Waals surface area contributed by atoms with Crippen molar-refractivity contribution in [3.8, 4) is 0 Å². The van der Waals surface area contributed by atoms with Crippen LogP contribution in [-0.4, -0.2) is 46.9 Å². The van der Waals surface area contributed by atoms with Crippen molar-refractivity contribution in [2.24, 2.45) is 0 Å². The van der Waals surface area contributed by atoms with Gasteiger partial charge in [-0.25, -0.2) is 13.2 Å². The van der Waals surface area contributed by atoms with Gasteiger partial charge < -0.3 is 4.74 Å². The molecule has 0 aliphatic carbocycles. The SMILES string of the molecule is COC(=O)c1ccc(S(=O)(=O)N2CCCC2c2nnc3ccccn23)cc1. The smallest absolute Gasteiger partial charge is 0.337 e. The van der Waals surface area contributed by atoms with Gasteiger partial charge in [0, 0.05) is 12.7 Å². The fraction of sp³-hybridized carbons (Fsp3) is 0.278. The lowest BCUT2D eigenvalue weighted by Crippen LogP contribution is -2.31. The third kappa shape index (κ3) is 2.98. The molecule has 0 bridgehead atoms. The predicted octanol–water partition coefficient (Wildman–Crippen LogP) is 2.04. The molecule has 3 aromatic rings. The quantitative estimate of drug-likeness (QED) is 0.637. The zero-order valence-electron chi connectivity index (χ0n) is 14.6. The molecular formula is C18H18N4O4S. The highest BCUT2D eigenvalue weighted by atomic mass is 32.2. The molecule has 27 heavy (non-hydrogen) atoms. The molecule has 1 aliphatic rings. The highest BCUT2D eigenvalue weighted by Gasteiger charge is 2.38. The summed E-state index contributed by atoms with van der Waals surface area (Å²) < 4.78 is 34.3. The average molecular weight is 386 g/mol. The monoisotopic (exact) mass is 386 g/mol. The average Bonchev–Trinajstić information content (AvgIpc) is 3.34. The van der Waals surface area contributed by atoms with Gasteiger partial charge in [0.2, 0.25) is 10.0 Å². The molecule has 140 valence electrons. The van der Waals surface area contributed by atoms with E-state index < -0.39 is 16.0 Å². The highest BCUT2D eigenvalue weighted by Crippen LogP contribution is 2.35. The Kier molecular flexibility index (Phi) is 4.40. The van der Waals surface area contributed by atoms with Gasteiger partial charge in [0.1, 0.15) is 0 Å². The van der Waals surface area contributed by atoms with Crippen LogP contribution in [0.25, 0.3) is 5.65 Å². The number of nitrogens with zero attached hydrogens (tertiary/aromatic N) is 4. The van der Waals surface area contributed by atoms with Gasteiger partial charge in [-0.1, -0.05) is 6.07 Å². The Hall–Kier alpha value is -2.78. The molecule has 1 aliphatic heterocycles. The van der Waals surface area contributed by atoms with E-state index in [1.807, 2.05) is 28.8 Å². The fourth-order valence-corrected chi connectivity index (χ4v) is 5.04. The highest BCUT2D eigenvalue weighted by molar-refractivity contribution is 7.89. The van der Waals surface area contributed by atoms with Crippen LogP contribution < -0.4 is 0 Å². The normalized spacial score (nSPS) is 18.0. The number of benzene rings is 1. The maximum atomic E-state index is 13.2. The molecule has 3 heterocycles. The van der Waals surface area contributed by atoms with Gasteiger partial charge in [-0.3, -0.25) is 4.40 Å². The summed E-state index contributed by atoms with van der Waals surface area (Å²) in [5, 5.41) is 8.36. The van der Waals surface area contributed by atoms with Crippen LogP contribution in [0.3, 0.4) is 0 Å². The standard InChI is InChI=1S/C18H18N4O4S/c1-26-18(23)13-7-9-14(10-8-13)27(24,25)22-12-4-5-15(22)17-20-19-16-6-2-3-11-21(16)17/h2-3,6-11,15H,4-5,12H2,1H3. The lowest BCUT2D eigenvalue weighted by molar-refractivity contribution is 0.0600.